The first-order valence-corrected chi connectivity index (χ1v) is 7.14. The summed E-state index contributed by atoms with van der Waals surface area (Å²) in [6.45, 7) is 0. The summed E-state index contributed by atoms with van der Waals surface area (Å²) >= 11 is 8.67. The Morgan fingerprint density at radius 3 is 2.48 bits per heavy atom. The van der Waals surface area contributed by atoms with Crippen LogP contribution in [0.3, 0.4) is 0 Å². The number of hydrogen-bond acceptors (Lipinski definition) is 3. The highest BCUT2D eigenvalue weighted by Crippen LogP contribution is 2.39. The fourth-order valence-corrected chi connectivity index (χ4v) is 2.78. The predicted octanol–water partition coefficient (Wildman–Crippen LogP) is 4.90. The normalized spacial score (nSPS) is 11.4. The summed E-state index contributed by atoms with van der Waals surface area (Å²) in [5, 5.41) is -0.833. The Kier molecular flexibility index (Phi) is 4.95. The molecule has 1 aromatic carbocycles. The molecular weight excluding hydrogens is 406 g/mol. The summed E-state index contributed by atoms with van der Waals surface area (Å²) in [5.74, 6) is -2.16. The lowest BCUT2D eigenvalue weighted by molar-refractivity contribution is -0.137. The zero-order valence-corrected chi connectivity index (χ0v) is 13.7. The van der Waals surface area contributed by atoms with Gasteiger partial charge in [-0.15, -0.1) is 0 Å². The highest BCUT2D eigenvalue weighted by molar-refractivity contribution is 9.10. The molecule has 0 aliphatic rings. The first-order valence-electron chi connectivity index (χ1n) is 5.97. The van der Waals surface area contributed by atoms with Gasteiger partial charge in [0, 0.05) is 10.5 Å². The van der Waals surface area contributed by atoms with E-state index in [1.165, 1.54) is 13.2 Å². The van der Waals surface area contributed by atoms with Crippen molar-refractivity contribution in [2.45, 2.75) is 6.18 Å². The Morgan fingerprint density at radius 1 is 1.26 bits per heavy atom. The second-order valence-electron chi connectivity index (χ2n) is 4.29. The molecule has 9 heteroatoms. The minimum absolute atomic E-state index is 0.00970. The molecule has 0 fully saturated rings. The lowest BCUT2D eigenvalue weighted by Crippen LogP contribution is -2.13. The molecule has 2 aromatic rings. The second kappa shape index (κ2) is 6.45. The number of aromatic nitrogens is 1. The van der Waals surface area contributed by atoms with E-state index < -0.39 is 39.6 Å². The van der Waals surface area contributed by atoms with Crippen LogP contribution in [0.5, 0.6) is 5.88 Å². The molecule has 0 spiro atoms. The van der Waals surface area contributed by atoms with Gasteiger partial charge in [0.2, 0.25) is 11.7 Å². The van der Waals surface area contributed by atoms with E-state index in [4.69, 9.17) is 16.3 Å². The van der Waals surface area contributed by atoms with Crippen molar-refractivity contribution in [2.75, 3.05) is 7.11 Å². The number of carbonyl (C=O) groups excluding carboxylic acids is 1. The zero-order valence-electron chi connectivity index (χ0n) is 11.3. The van der Waals surface area contributed by atoms with Gasteiger partial charge in [-0.05, 0) is 34.1 Å². The molecule has 0 bridgehead atoms. The number of methoxy groups -OCH3 is 1. The minimum Gasteiger partial charge on any atom is -0.481 e. The van der Waals surface area contributed by atoms with Gasteiger partial charge in [0.15, 0.2) is 11.5 Å². The van der Waals surface area contributed by atoms with Crippen LogP contribution in [0.1, 0.15) is 21.6 Å². The van der Waals surface area contributed by atoms with E-state index in [1.807, 2.05) is 0 Å². The van der Waals surface area contributed by atoms with E-state index in [1.54, 1.807) is 0 Å². The van der Waals surface area contributed by atoms with Gasteiger partial charge >= 0.3 is 6.18 Å². The molecule has 0 unspecified atom stereocenters. The second-order valence-corrected chi connectivity index (χ2v) is 5.53. The van der Waals surface area contributed by atoms with Gasteiger partial charge in [-0.25, -0.2) is 9.37 Å². The lowest BCUT2D eigenvalue weighted by Gasteiger charge is -2.13. The van der Waals surface area contributed by atoms with Gasteiger partial charge in [-0.3, -0.25) is 4.79 Å². The van der Waals surface area contributed by atoms with Crippen LogP contribution in [0.2, 0.25) is 5.02 Å². The molecule has 0 saturated heterocycles. The van der Waals surface area contributed by atoms with E-state index in [0.717, 1.165) is 18.2 Å². The fourth-order valence-electron chi connectivity index (χ4n) is 1.80. The van der Waals surface area contributed by atoms with E-state index >= 15 is 0 Å². The molecule has 0 amide bonds. The van der Waals surface area contributed by atoms with Crippen LogP contribution in [0.25, 0.3) is 0 Å². The minimum atomic E-state index is -4.76. The van der Waals surface area contributed by atoms with Gasteiger partial charge < -0.3 is 4.74 Å². The summed E-state index contributed by atoms with van der Waals surface area (Å²) in [6.07, 6.45) is -4.76. The highest BCUT2D eigenvalue weighted by atomic mass is 79.9. The van der Waals surface area contributed by atoms with Crippen LogP contribution < -0.4 is 4.74 Å². The number of ether oxygens (including phenoxy) is 1. The zero-order chi connectivity index (χ0) is 17.4. The third-order valence-electron chi connectivity index (χ3n) is 2.87. The molecular formula is C14H7BrClF4NO2. The van der Waals surface area contributed by atoms with Gasteiger partial charge in [-0.2, -0.15) is 13.2 Å². The van der Waals surface area contributed by atoms with Crippen LogP contribution >= 0.6 is 27.5 Å². The molecule has 0 aliphatic carbocycles. The van der Waals surface area contributed by atoms with Gasteiger partial charge in [0.1, 0.15) is 0 Å². The van der Waals surface area contributed by atoms with Crippen molar-refractivity contribution in [1.29, 1.82) is 0 Å². The number of carbonyl (C=O) groups is 1. The molecule has 23 heavy (non-hydrogen) atoms. The maximum Gasteiger partial charge on any atom is 0.417 e. The van der Waals surface area contributed by atoms with Crippen molar-refractivity contribution < 1.29 is 27.1 Å². The van der Waals surface area contributed by atoms with Crippen LogP contribution in [0.15, 0.2) is 28.7 Å². The number of nitrogens with zero attached hydrogens (tertiary/aromatic N) is 1. The monoisotopic (exact) mass is 411 g/mol. The smallest absolute Gasteiger partial charge is 0.417 e. The van der Waals surface area contributed by atoms with Gasteiger partial charge in [-0.1, -0.05) is 11.6 Å². The van der Waals surface area contributed by atoms with E-state index in [0.29, 0.717) is 0 Å². The van der Waals surface area contributed by atoms with Crippen molar-refractivity contribution in [3.05, 3.63) is 56.4 Å². The Bertz CT molecular complexity index is 780. The molecule has 1 aromatic heterocycles. The van der Waals surface area contributed by atoms with Crippen molar-refractivity contribution in [2.24, 2.45) is 0 Å². The lowest BCUT2D eigenvalue weighted by atomic mass is 10.0. The van der Waals surface area contributed by atoms with E-state index in [9.17, 15) is 22.4 Å². The van der Waals surface area contributed by atoms with Crippen LogP contribution in [0, 0.1) is 5.82 Å². The van der Waals surface area contributed by atoms with Crippen molar-refractivity contribution in [3.8, 4) is 5.88 Å². The number of halogens is 6. The fraction of sp³-hybridized carbons (Fsp3) is 0.143. The molecule has 0 aliphatic heterocycles. The predicted molar refractivity (Wildman–Crippen MR) is 78.3 cm³/mol. The molecule has 3 nitrogen and oxygen atoms in total. The number of alkyl halides is 3. The van der Waals surface area contributed by atoms with Crippen molar-refractivity contribution >= 4 is 33.3 Å². The third-order valence-corrected chi connectivity index (χ3v) is 3.92. The third kappa shape index (κ3) is 3.48. The maximum atomic E-state index is 13.8. The number of ketones is 1. The molecule has 0 radical (unpaired) electrons. The van der Waals surface area contributed by atoms with Crippen LogP contribution in [-0.2, 0) is 6.18 Å². The Hall–Kier alpha value is -1.67. The number of benzene rings is 1. The molecule has 0 N–H and O–H groups in total. The molecule has 0 saturated carbocycles. The van der Waals surface area contributed by atoms with Crippen LogP contribution in [0.4, 0.5) is 17.6 Å². The SMILES string of the molecule is COc1ccc(F)c(C(=O)c2c(Br)ccc(C(F)(F)F)c2Cl)n1. The Balaban J connectivity index is 2.65. The first kappa shape index (κ1) is 17.7. The maximum absolute atomic E-state index is 13.8. The topological polar surface area (TPSA) is 39.2 Å². The quantitative estimate of drug-likeness (QED) is 0.532. The Labute approximate surface area is 141 Å². The molecule has 0 atom stereocenters. The summed E-state index contributed by atoms with van der Waals surface area (Å²) in [5.41, 5.74) is -2.42. The molecule has 122 valence electrons. The summed E-state index contributed by atoms with van der Waals surface area (Å²) < 4.78 is 57.3. The number of pyridine rings is 1. The number of rotatable bonds is 3. The largest absolute Gasteiger partial charge is 0.481 e. The number of hydrogen-bond donors (Lipinski definition) is 0. The average Bonchev–Trinajstić information content (AvgIpc) is 2.46. The Morgan fingerprint density at radius 2 is 1.91 bits per heavy atom. The van der Waals surface area contributed by atoms with E-state index in [-0.39, 0.29) is 10.4 Å². The summed E-state index contributed by atoms with van der Waals surface area (Å²) in [6, 6.07) is 3.84. The van der Waals surface area contributed by atoms with Gasteiger partial charge in [0.25, 0.3) is 0 Å². The summed E-state index contributed by atoms with van der Waals surface area (Å²) in [7, 11) is 1.25. The van der Waals surface area contributed by atoms with Crippen LogP contribution in [-0.4, -0.2) is 17.9 Å². The van der Waals surface area contributed by atoms with E-state index in [2.05, 4.69) is 20.9 Å². The standard InChI is InChI=1S/C14H7BrClF4NO2/c1-23-9-5-4-8(17)12(21-9)13(22)10-7(15)3-2-6(11(10)16)14(18,19)20/h2-5H,1H3. The summed E-state index contributed by atoms with van der Waals surface area (Å²) in [4.78, 5) is 16.0. The van der Waals surface area contributed by atoms with Gasteiger partial charge in [0.05, 0.1) is 23.3 Å². The average molecular weight is 413 g/mol. The molecule has 2 rings (SSSR count). The highest BCUT2D eigenvalue weighted by Gasteiger charge is 2.36. The van der Waals surface area contributed by atoms with Crippen molar-refractivity contribution in [3.63, 3.8) is 0 Å². The van der Waals surface area contributed by atoms with Crippen molar-refractivity contribution in [1.82, 2.24) is 4.98 Å². The molecule has 1 heterocycles. The first-order chi connectivity index (χ1) is 10.7.